The van der Waals surface area contributed by atoms with Crippen LogP contribution in [0.25, 0.3) is 0 Å². The Labute approximate surface area is 134 Å². The van der Waals surface area contributed by atoms with Gasteiger partial charge in [-0.3, -0.25) is 14.5 Å². The fourth-order valence-electron chi connectivity index (χ4n) is 3.49. The van der Waals surface area contributed by atoms with Gasteiger partial charge in [0.05, 0.1) is 39.8 Å². The Balaban J connectivity index is 2.21. The van der Waals surface area contributed by atoms with E-state index in [4.69, 9.17) is 0 Å². The Morgan fingerprint density at radius 3 is 1.91 bits per heavy atom. The minimum Gasteiger partial charge on any atom is -0.329 e. The van der Waals surface area contributed by atoms with Gasteiger partial charge in [-0.1, -0.05) is 41.5 Å². The van der Waals surface area contributed by atoms with Crippen LogP contribution < -0.4 is 0 Å². The fraction of sp³-hybridized carbons (Fsp3) is 0.882. The lowest BCUT2D eigenvalue weighted by Gasteiger charge is -2.47. The Morgan fingerprint density at radius 1 is 0.909 bits per heavy atom. The number of carbonyl (C=O) groups excluding carboxylic acids is 2. The van der Waals surface area contributed by atoms with E-state index in [1.54, 1.807) is 0 Å². The maximum atomic E-state index is 12.7. The number of nitrogens with zero attached hydrogens (tertiary/aromatic N) is 3. The quantitative estimate of drug-likeness (QED) is 0.637. The summed E-state index contributed by atoms with van der Waals surface area (Å²) in [5.41, 5.74) is -0.732. The predicted molar refractivity (Wildman–Crippen MR) is 86.9 cm³/mol. The number of carbonyl (C=O) groups is 2. The standard InChI is InChI=1S/C17H32N3O2/c1-16(2,3)14(21)18-8-10-20(7)11-9-19(13(20)12-18)15(22)17(4,5)6/h13H,8-12H2,1-7H3/q+1. The van der Waals surface area contributed by atoms with Crippen molar-refractivity contribution < 1.29 is 14.1 Å². The second kappa shape index (κ2) is 5.22. The summed E-state index contributed by atoms with van der Waals surface area (Å²) in [5.74, 6) is 0.387. The highest BCUT2D eigenvalue weighted by molar-refractivity contribution is 5.83. The van der Waals surface area contributed by atoms with Crippen molar-refractivity contribution in [1.29, 1.82) is 0 Å². The van der Waals surface area contributed by atoms with Crippen LogP contribution in [-0.2, 0) is 9.59 Å². The van der Waals surface area contributed by atoms with Gasteiger partial charge in [-0.05, 0) is 0 Å². The molecule has 0 saturated carbocycles. The first-order chi connectivity index (χ1) is 9.86. The molecule has 2 heterocycles. The van der Waals surface area contributed by atoms with Crippen LogP contribution in [0.2, 0.25) is 0 Å². The average Bonchev–Trinajstić information content (AvgIpc) is 2.71. The lowest BCUT2D eigenvalue weighted by atomic mass is 9.93. The number of fused-ring (bicyclic) bond motifs is 1. The average molecular weight is 310 g/mol. The molecule has 0 aliphatic carbocycles. The van der Waals surface area contributed by atoms with Gasteiger partial charge in [0.25, 0.3) is 0 Å². The zero-order chi connectivity index (χ0) is 16.9. The molecule has 2 aliphatic rings. The van der Waals surface area contributed by atoms with Crippen molar-refractivity contribution in [2.24, 2.45) is 10.8 Å². The van der Waals surface area contributed by atoms with Gasteiger partial charge >= 0.3 is 0 Å². The van der Waals surface area contributed by atoms with Gasteiger partial charge in [0.2, 0.25) is 11.8 Å². The van der Waals surface area contributed by atoms with Crippen LogP contribution in [0, 0.1) is 10.8 Å². The van der Waals surface area contributed by atoms with Crippen LogP contribution >= 0.6 is 0 Å². The van der Waals surface area contributed by atoms with Gasteiger partial charge in [0.15, 0.2) is 6.17 Å². The first-order valence-electron chi connectivity index (χ1n) is 8.31. The van der Waals surface area contributed by atoms with Crippen molar-refractivity contribution in [2.45, 2.75) is 47.7 Å². The molecule has 2 unspecified atom stereocenters. The molecule has 0 aromatic heterocycles. The molecule has 2 aliphatic heterocycles. The molecule has 2 fully saturated rings. The van der Waals surface area contributed by atoms with E-state index < -0.39 is 0 Å². The largest absolute Gasteiger partial charge is 0.329 e. The number of rotatable bonds is 0. The van der Waals surface area contributed by atoms with Crippen molar-refractivity contribution in [1.82, 2.24) is 9.80 Å². The van der Waals surface area contributed by atoms with Crippen molar-refractivity contribution in [3.63, 3.8) is 0 Å². The molecule has 22 heavy (non-hydrogen) atoms. The number of hydrogen-bond acceptors (Lipinski definition) is 2. The van der Waals surface area contributed by atoms with E-state index in [1.807, 2.05) is 51.3 Å². The molecule has 126 valence electrons. The molecule has 2 saturated heterocycles. The van der Waals surface area contributed by atoms with Gasteiger partial charge in [0, 0.05) is 10.8 Å². The summed E-state index contributed by atoms with van der Waals surface area (Å²) in [6, 6.07) is 0. The lowest BCUT2D eigenvalue weighted by molar-refractivity contribution is -0.929. The van der Waals surface area contributed by atoms with E-state index in [2.05, 4.69) is 7.05 Å². The first-order valence-corrected chi connectivity index (χ1v) is 8.31. The third-order valence-electron chi connectivity index (χ3n) is 5.03. The zero-order valence-electron chi connectivity index (χ0n) is 15.3. The molecule has 0 aromatic rings. The van der Waals surface area contributed by atoms with Crippen LogP contribution in [0.15, 0.2) is 0 Å². The van der Waals surface area contributed by atoms with Crippen molar-refractivity contribution in [2.75, 3.05) is 39.8 Å². The van der Waals surface area contributed by atoms with Gasteiger partial charge in [-0.2, -0.15) is 0 Å². The minimum atomic E-state index is -0.370. The van der Waals surface area contributed by atoms with Gasteiger partial charge in [-0.25, -0.2) is 0 Å². The summed E-state index contributed by atoms with van der Waals surface area (Å²) in [6.45, 7) is 16.0. The fourth-order valence-corrected chi connectivity index (χ4v) is 3.49. The molecule has 5 nitrogen and oxygen atoms in total. The number of quaternary nitrogens is 1. The van der Waals surface area contributed by atoms with Gasteiger partial charge < -0.3 is 9.38 Å². The summed E-state index contributed by atoms with van der Waals surface area (Å²) >= 11 is 0. The Bertz CT molecular complexity index is 475. The van der Waals surface area contributed by atoms with E-state index in [0.29, 0.717) is 6.54 Å². The highest BCUT2D eigenvalue weighted by atomic mass is 16.2. The van der Waals surface area contributed by atoms with E-state index in [-0.39, 0.29) is 28.8 Å². The smallest absolute Gasteiger partial charge is 0.232 e. The monoisotopic (exact) mass is 310 g/mol. The normalized spacial score (nSPS) is 29.5. The molecule has 5 heteroatoms. The molecule has 2 atom stereocenters. The molecule has 0 bridgehead atoms. The predicted octanol–water partition coefficient (Wildman–Crippen LogP) is 1.54. The van der Waals surface area contributed by atoms with Gasteiger partial charge in [-0.15, -0.1) is 0 Å². The molecule has 0 radical (unpaired) electrons. The summed E-state index contributed by atoms with van der Waals surface area (Å²) < 4.78 is 0.885. The maximum absolute atomic E-state index is 12.7. The second-order valence-electron chi connectivity index (χ2n) is 9.16. The van der Waals surface area contributed by atoms with Crippen molar-refractivity contribution in [3.8, 4) is 0 Å². The first kappa shape index (κ1) is 17.3. The second-order valence-corrected chi connectivity index (χ2v) is 9.16. The molecule has 0 aromatic carbocycles. The third kappa shape index (κ3) is 3.00. The molecule has 2 amide bonds. The third-order valence-corrected chi connectivity index (χ3v) is 5.03. The van der Waals surface area contributed by atoms with Crippen LogP contribution in [0.5, 0.6) is 0 Å². The highest BCUT2D eigenvalue weighted by Crippen LogP contribution is 2.32. The zero-order valence-corrected chi connectivity index (χ0v) is 15.3. The lowest BCUT2D eigenvalue weighted by Crippen LogP contribution is -2.66. The van der Waals surface area contributed by atoms with E-state index >= 15 is 0 Å². The molecular formula is C17H32N3O2+. The number of hydrogen-bond donors (Lipinski definition) is 0. The molecule has 0 N–H and O–H groups in total. The van der Waals surface area contributed by atoms with E-state index in [1.165, 1.54) is 0 Å². The highest BCUT2D eigenvalue weighted by Gasteiger charge is 2.52. The summed E-state index contributed by atoms with van der Waals surface area (Å²) in [5, 5.41) is 0. The number of likely N-dealkylation sites (N-methyl/N-ethyl adjacent to an activating group) is 1. The SMILES string of the molecule is CC(C)(C)C(=O)N1CC[N+]2(C)CCN(C(=O)C(C)(C)C)C2C1. The summed E-state index contributed by atoms with van der Waals surface area (Å²) in [7, 11) is 2.22. The van der Waals surface area contributed by atoms with Crippen LogP contribution in [0.1, 0.15) is 41.5 Å². The maximum Gasteiger partial charge on any atom is 0.232 e. The Hall–Kier alpha value is -1.10. The molecular weight excluding hydrogens is 278 g/mol. The molecule has 0 spiro atoms. The Morgan fingerprint density at radius 2 is 1.41 bits per heavy atom. The van der Waals surface area contributed by atoms with Crippen LogP contribution in [-0.4, -0.2) is 72.0 Å². The number of amides is 2. The minimum absolute atomic E-state index is 0.103. The summed E-state index contributed by atoms with van der Waals surface area (Å²) in [4.78, 5) is 29.3. The van der Waals surface area contributed by atoms with Crippen molar-refractivity contribution in [3.05, 3.63) is 0 Å². The van der Waals surface area contributed by atoms with E-state index in [0.717, 1.165) is 30.7 Å². The number of piperazine rings is 1. The molecule has 2 rings (SSSR count). The van der Waals surface area contributed by atoms with Crippen LogP contribution in [0.4, 0.5) is 0 Å². The summed E-state index contributed by atoms with van der Waals surface area (Å²) in [6.07, 6.45) is 0.103. The Kier molecular flexibility index (Phi) is 4.10. The van der Waals surface area contributed by atoms with Gasteiger partial charge in [0.1, 0.15) is 0 Å². The van der Waals surface area contributed by atoms with Crippen LogP contribution in [0.3, 0.4) is 0 Å². The van der Waals surface area contributed by atoms with Crippen molar-refractivity contribution >= 4 is 11.8 Å². The van der Waals surface area contributed by atoms with E-state index in [9.17, 15) is 9.59 Å². The topological polar surface area (TPSA) is 40.6 Å².